The topological polar surface area (TPSA) is 134 Å². The molecule has 1 aliphatic heterocycles. The highest BCUT2D eigenvalue weighted by molar-refractivity contribution is 5.99. The number of piperidine rings is 1. The van der Waals surface area contributed by atoms with E-state index < -0.39 is 24.8 Å². The molecule has 1 aliphatic rings. The van der Waals surface area contributed by atoms with Gasteiger partial charge in [0.1, 0.15) is 24.3 Å². The number of aromatic nitrogens is 4. The van der Waals surface area contributed by atoms with E-state index in [2.05, 4.69) is 25.7 Å². The fourth-order valence-electron chi connectivity index (χ4n) is 5.12. The number of rotatable bonds is 7. The largest absolute Gasteiger partial charge is 0.392 e. The fourth-order valence-corrected chi connectivity index (χ4v) is 5.12. The van der Waals surface area contributed by atoms with E-state index in [1.54, 1.807) is 28.8 Å². The molecule has 1 saturated heterocycles. The third-order valence-corrected chi connectivity index (χ3v) is 7.19. The number of alkyl halides is 4. The summed E-state index contributed by atoms with van der Waals surface area (Å²) in [5.41, 5.74) is 9.94. The SMILES string of the molecule is Nc1ncnn2c(CN3CCC(C(F)(F)F)CC3)c(CO)c(-c3ccc(NC(=O)Nc4cc(CF)ccn4)cc3)c12. The lowest BCUT2D eigenvalue weighted by atomic mass is 9.96. The Bertz CT molecular complexity index is 1530. The molecule has 5 N–H and O–H groups in total. The number of carbonyl (C=O) groups excluding carboxylic acids is 1. The first-order valence-corrected chi connectivity index (χ1v) is 12.9. The van der Waals surface area contributed by atoms with Crippen LogP contribution in [0.1, 0.15) is 29.7 Å². The minimum absolute atomic E-state index is 0.00460. The maximum Gasteiger partial charge on any atom is 0.391 e. The van der Waals surface area contributed by atoms with Crippen molar-refractivity contribution in [3.63, 3.8) is 0 Å². The molecule has 1 aromatic carbocycles. The summed E-state index contributed by atoms with van der Waals surface area (Å²) in [6.45, 7) is -0.254. The zero-order valence-electron chi connectivity index (χ0n) is 21.8. The molecule has 0 radical (unpaired) electrons. The van der Waals surface area contributed by atoms with Gasteiger partial charge in [0, 0.05) is 29.6 Å². The molecule has 0 saturated carbocycles. The molecular weight excluding hydrogens is 544 g/mol. The number of anilines is 3. The Morgan fingerprint density at radius 3 is 2.49 bits per heavy atom. The van der Waals surface area contributed by atoms with E-state index in [0.717, 1.165) is 0 Å². The average Bonchev–Trinajstić information content (AvgIpc) is 3.27. The zero-order valence-corrected chi connectivity index (χ0v) is 21.8. The monoisotopic (exact) mass is 572 g/mol. The Hall–Kier alpha value is -4.30. The Morgan fingerprint density at radius 2 is 1.83 bits per heavy atom. The van der Waals surface area contributed by atoms with Crippen LogP contribution in [0.3, 0.4) is 0 Å². The Morgan fingerprint density at radius 1 is 1.10 bits per heavy atom. The number of nitrogens with one attached hydrogen (secondary N) is 2. The highest BCUT2D eigenvalue weighted by Crippen LogP contribution is 2.38. The predicted molar refractivity (Wildman–Crippen MR) is 145 cm³/mol. The second-order valence-electron chi connectivity index (χ2n) is 9.80. The van der Waals surface area contributed by atoms with Gasteiger partial charge in [0.15, 0.2) is 5.82 Å². The van der Waals surface area contributed by atoms with E-state index in [0.29, 0.717) is 39.2 Å². The summed E-state index contributed by atoms with van der Waals surface area (Å²) in [6, 6.07) is 9.15. The summed E-state index contributed by atoms with van der Waals surface area (Å²) in [4.78, 5) is 22.4. The third kappa shape index (κ3) is 6.07. The van der Waals surface area contributed by atoms with E-state index in [1.807, 2.05) is 4.90 Å². The van der Waals surface area contributed by atoms with Gasteiger partial charge in [-0.2, -0.15) is 18.3 Å². The molecule has 2 amide bonds. The van der Waals surface area contributed by atoms with E-state index >= 15 is 0 Å². The van der Waals surface area contributed by atoms with Crippen LogP contribution in [0.5, 0.6) is 0 Å². The number of nitrogen functional groups attached to an aromatic ring is 1. The number of amides is 2. The molecule has 10 nitrogen and oxygen atoms in total. The molecule has 0 bridgehead atoms. The Balaban J connectivity index is 1.39. The number of likely N-dealkylation sites (tertiary alicyclic amines) is 1. The van der Waals surface area contributed by atoms with Gasteiger partial charge in [-0.1, -0.05) is 12.1 Å². The van der Waals surface area contributed by atoms with Gasteiger partial charge in [0.2, 0.25) is 0 Å². The number of urea groups is 1. The fraction of sp³-hybridized carbons (Fsp3) is 0.333. The minimum atomic E-state index is -4.21. The number of pyridine rings is 1. The van der Waals surface area contributed by atoms with Crippen LogP contribution >= 0.6 is 0 Å². The number of fused-ring (bicyclic) bond motifs is 1. The standard InChI is InChI=1S/C27H28F4N8O2/c28-12-16-5-8-33-22(11-16)37-26(41)36-19-3-1-17(2-4-19)23-20(14-40)21(39-24(23)25(32)34-15-35-39)13-38-9-6-18(7-10-38)27(29,30)31/h1-5,8,11,15,18,40H,6-7,9-10,12-14H2,(H2,32,34,35)(H2,33,36,37,41). The smallest absolute Gasteiger partial charge is 0.391 e. The molecular formula is C27H28F4N8O2. The lowest BCUT2D eigenvalue weighted by molar-refractivity contribution is -0.185. The molecule has 14 heteroatoms. The van der Waals surface area contributed by atoms with Crippen molar-refractivity contribution in [2.45, 2.75) is 38.8 Å². The lowest BCUT2D eigenvalue weighted by Crippen LogP contribution is -2.38. The van der Waals surface area contributed by atoms with Crippen molar-refractivity contribution < 1.29 is 27.5 Å². The molecule has 41 heavy (non-hydrogen) atoms. The van der Waals surface area contributed by atoms with Gasteiger partial charge in [-0.25, -0.2) is 23.7 Å². The number of carbonyl (C=O) groups is 1. The summed E-state index contributed by atoms with van der Waals surface area (Å²) in [5.74, 6) is -0.941. The molecule has 0 unspecified atom stereocenters. The molecule has 0 spiro atoms. The molecule has 0 aliphatic carbocycles. The summed E-state index contributed by atoms with van der Waals surface area (Å²) in [5, 5.41) is 20.0. The molecule has 216 valence electrons. The quantitative estimate of drug-likeness (QED) is 0.235. The van der Waals surface area contributed by atoms with Crippen LogP contribution < -0.4 is 16.4 Å². The summed E-state index contributed by atoms with van der Waals surface area (Å²) in [6.07, 6.45) is -1.52. The van der Waals surface area contributed by atoms with Gasteiger partial charge in [0.25, 0.3) is 0 Å². The first-order chi connectivity index (χ1) is 19.7. The van der Waals surface area contributed by atoms with Gasteiger partial charge in [-0.15, -0.1) is 0 Å². The van der Waals surface area contributed by atoms with Crippen LogP contribution in [0.4, 0.5) is 39.7 Å². The van der Waals surface area contributed by atoms with Crippen molar-refractivity contribution in [3.05, 3.63) is 65.7 Å². The van der Waals surface area contributed by atoms with E-state index in [9.17, 15) is 27.5 Å². The second kappa shape index (κ2) is 11.7. The van der Waals surface area contributed by atoms with E-state index in [1.165, 1.54) is 24.7 Å². The van der Waals surface area contributed by atoms with Crippen molar-refractivity contribution in [2.24, 2.45) is 5.92 Å². The zero-order chi connectivity index (χ0) is 29.1. The van der Waals surface area contributed by atoms with Gasteiger partial charge in [-0.3, -0.25) is 10.2 Å². The Labute approximate surface area is 232 Å². The van der Waals surface area contributed by atoms with E-state index in [4.69, 9.17) is 5.73 Å². The van der Waals surface area contributed by atoms with Crippen LogP contribution in [0.2, 0.25) is 0 Å². The predicted octanol–water partition coefficient (Wildman–Crippen LogP) is 4.75. The number of hydrogen-bond donors (Lipinski definition) is 4. The first-order valence-electron chi connectivity index (χ1n) is 12.9. The van der Waals surface area contributed by atoms with Crippen LogP contribution in [-0.2, 0) is 19.8 Å². The summed E-state index contributed by atoms with van der Waals surface area (Å²) >= 11 is 0. The summed E-state index contributed by atoms with van der Waals surface area (Å²) < 4.78 is 53.9. The number of hydrogen-bond acceptors (Lipinski definition) is 7. The van der Waals surface area contributed by atoms with Gasteiger partial charge in [-0.05, 0) is 61.3 Å². The van der Waals surface area contributed by atoms with Crippen LogP contribution in [0, 0.1) is 5.92 Å². The highest BCUT2D eigenvalue weighted by atomic mass is 19.4. The Kier molecular flexibility index (Phi) is 8.03. The van der Waals surface area contributed by atoms with Crippen molar-refractivity contribution in [1.29, 1.82) is 0 Å². The molecule has 1 fully saturated rings. The number of benzene rings is 1. The number of halogens is 4. The average molecular weight is 573 g/mol. The highest BCUT2D eigenvalue weighted by Gasteiger charge is 2.41. The van der Waals surface area contributed by atoms with Gasteiger partial charge >= 0.3 is 12.2 Å². The van der Waals surface area contributed by atoms with Crippen LogP contribution in [0.15, 0.2) is 48.9 Å². The maximum absolute atomic E-state index is 13.2. The third-order valence-electron chi connectivity index (χ3n) is 7.19. The molecule has 0 atom stereocenters. The lowest BCUT2D eigenvalue weighted by Gasteiger charge is -2.32. The number of nitrogens with two attached hydrogens (primary N) is 1. The summed E-state index contributed by atoms with van der Waals surface area (Å²) in [7, 11) is 0. The van der Waals surface area contributed by atoms with Crippen molar-refractivity contribution in [2.75, 3.05) is 29.5 Å². The van der Waals surface area contributed by atoms with Gasteiger partial charge in [0.05, 0.1) is 18.2 Å². The van der Waals surface area contributed by atoms with Crippen LogP contribution in [-0.4, -0.2) is 54.9 Å². The van der Waals surface area contributed by atoms with Crippen molar-refractivity contribution in [3.8, 4) is 11.1 Å². The van der Waals surface area contributed by atoms with E-state index in [-0.39, 0.29) is 50.7 Å². The number of aliphatic hydroxyl groups excluding tert-OH is 1. The van der Waals surface area contributed by atoms with Crippen molar-refractivity contribution >= 4 is 28.9 Å². The number of nitrogens with zero attached hydrogens (tertiary/aromatic N) is 5. The second-order valence-corrected chi connectivity index (χ2v) is 9.80. The van der Waals surface area contributed by atoms with Crippen LogP contribution in [0.25, 0.3) is 16.6 Å². The molecule has 4 heterocycles. The van der Waals surface area contributed by atoms with Crippen molar-refractivity contribution in [1.82, 2.24) is 24.5 Å². The normalized spacial score (nSPS) is 14.9. The molecule has 4 aromatic rings. The maximum atomic E-state index is 13.2. The minimum Gasteiger partial charge on any atom is -0.392 e. The molecule has 5 rings (SSSR count). The van der Waals surface area contributed by atoms with Gasteiger partial charge < -0.3 is 16.2 Å². The number of aliphatic hydroxyl groups is 1. The first kappa shape index (κ1) is 28.2. The molecule has 3 aromatic heterocycles.